The fourth-order valence-corrected chi connectivity index (χ4v) is 3.62. The maximum atomic E-state index is 12.0. The number of nitrogens with one attached hydrogen (secondary N) is 1. The van der Waals surface area contributed by atoms with E-state index in [0.29, 0.717) is 28.5 Å². The molecule has 0 atom stereocenters. The Bertz CT molecular complexity index is 1710. The fourth-order valence-electron chi connectivity index (χ4n) is 3.62. The zero-order valence-electron chi connectivity index (χ0n) is 26.5. The summed E-state index contributed by atoms with van der Waals surface area (Å²) in [5, 5.41) is 18.7. The molecule has 0 saturated heterocycles. The number of aromatic nitrogens is 2. The molecular weight excluding hydrogens is 600 g/mol. The molecule has 1 amide bonds. The van der Waals surface area contributed by atoms with Gasteiger partial charge >= 0.3 is 6.09 Å². The normalized spacial score (nSPS) is 11.1. The summed E-state index contributed by atoms with van der Waals surface area (Å²) in [5.74, 6) is 0.120. The monoisotopic (exact) mass is 638 g/mol. The molecule has 244 valence electrons. The highest BCUT2D eigenvalue weighted by molar-refractivity contribution is 5.85. The van der Waals surface area contributed by atoms with Crippen molar-refractivity contribution in [1.29, 1.82) is 0 Å². The first kappa shape index (κ1) is 35.6. The topological polar surface area (TPSA) is 226 Å². The molecule has 14 nitrogen and oxygen atoms in total. The molecule has 0 aliphatic rings. The number of nitrogens with two attached hydrogens (primary N) is 3. The summed E-state index contributed by atoms with van der Waals surface area (Å²) in [6.07, 6.45) is -0.424. The van der Waals surface area contributed by atoms with Crippen LogP contribution in [0.1, 0.15) is 32.2 Å². The molecule has 0 unspecified atom stereocenters. The Morgan fingerprint density at radius 1 is 0.681 bits per heavy atom. The number of hydrogen-bond donors (Lipinski definition) is 4. The third-order valence-corrected chi connectivity index (χ3v) is 5.79. The minimum absolute atomic E-state index is 0.00292. The van der Waals surface area contributed by atoms with E-state index in [4.69, 9.17) is 21.9 Å². The Kier molecular flexibility index (Phi) is 13.3. The number of benzene rings is 2. The van der Waals surface area contributed by atoms with Crippen LogP contribution in [0.4, 0.5) is 39.2 Å². The second-order valence-electron chi connectivity index (χ2n) is 11.0. The number of alkyl carbamates (subject to hydrolysis) is 1. The minimum Gasteiger partial charge on any atom is -0.444 e. The van der Waals surface area contributed by atoms with Crippen LogP contribution in [-0.2, 0) is 27.2 Å². The maximum absolute atomic E-state index is 12.0. The number of ketones is 2. The number of nitrogens with zero attached hydrogens (tertiary/aromatic N) is 6. The van der Waals surface area contributed by atoms with E-state index < -0.39 is 11.7 Å². The molecule has 4 rings (SSSR count). The van der Waals surface area contributed by atoms with Crippen molar-refractivity contribution in [2.24, 2.45) is 26.2 Å². The molecule has 0 spiro atoms. The van der Waals surface area contributed by atoms with Gasteiger partial charge in [0.2, 0.25) is 0 Å². The molecular formula is C33H38N10O4. The number of azo groups is 2. The number of rotatable bonds is 11. The van der Waals surface area contributed by atoms with Gasteiger partial charge in [0.15, 0.2) is 23.2 Å². The standard InChI is InChI=1S/C19H23N5O3.C14H15N5O/c1-19(2,3)27-18(26)21-12-15(25)11-14-9-10-16(17(20)22-14)24-23-13-7-5-4-6-8-13;15-9-12(20)8-11-6-7-13(14(16)17-11)19-18-10-4-2-1-3-5-10/h4-10H,11-12H2,1-3H3,(H2,20,22)(H,21,26);1-7H,8-9,15H2,(H2,16,17). The van der Waals surface area contributed by atoms with Crippen LogP contribution in [-0.4, -0.2) is 46.3 Å². The van der Waals surface area contributed by atoms with E-state index in [9.17, 15) is 14.4 Å². The predicted molar refractivity (Wildman–Crippen MR) is 179 cm³/mol. The van der Waals surface area contributed by atoms with Crippen LogP contribution in [0.2, 0.25) is 0 Å². The van der Waals surface area contributed by atoms with Gasteiger partial charge in [0.1, 0.15) is 17.0 Å². The Balaban J connectivity index is 0.000000267. The molecule has 0 saturated carbocycles. The third kappa shape index (κ3) is 13.3. The molecule has 2 aromatic heterocycles. The molecule has 0 bridgehead atoms. The van der Waals surface area contributed by atoms with Gasteiger partial charge in [-0.2, -0.15) is 10.2 Å². The number of carbonyl (C=O) groups is 3. The van der Waals surface area contributed by atoms with E-state index in [1.54, 1.807) is 45.0 Å². The van der Waals surface area contributed by atoms with Gasteiger partial charge < -0.3 is 27.3 Å². The highest BCUT2D eigenvalue weighted by Crippen LogP contribution is 2.24. The van der Waals surface area contributed by atoms with Crippen molar-refractivity contribution in [3.05, 3.63) is 96.3 Å². The van der Waals surface area contributed by atoms with Gasteiger partial charge in [0, 0.05) is 0 Å². The Labute approximate surface area is 272 Å². The van der Waals surface area contributed by atoms with Gasteiger partial charge in [-0.3, -0.25) is 9.59 Å². The summed E-state index contributed by atoms with van der Waals surface area (Å²) < 4.78 is 5.08. The van der Waals surface area contributed by atoms with Crippen LogP contribution in [0.15, 0.2) is 105 Å². The SMILES string of the molecule is CC(C)(C)OC(=O)NCC(=O)Cc1ccc(N=Nc2ccccc2)c(N)n1.NCC(=O)Cc1ccc(N=Nc2ccccc2)c(N)n1. The molecule has 0 fully saturated rings. The molecule has 0 aliphatic heterocycles. The van der Waals surface area contributed by atoms with Gasteiger partial charge in [-0.25, -0.2) is 14.8 Å². The summed E-state index contributed by atoms with van der Waals surface area (Å²) in [6, 6.07) is 25.2. The van der Waals surface area contributed by atoms with Gasteiger partial charge in [0.05, 0.1) is 48.7 Å². The highest BCUT2D eigenvalue weighted by atomic mass is 16.6. The quantitative estimate of drug-likeness (QED) is 0.144. The van der Waals surface area contributed by atoms with Crippen LogP contribution in [0.25, 0.3) is 0 Å². The molecule has 0 radical (unpaired) electrons. The predicted octanol–water partition coefficient (Wildman–Crippen LogP) is 5.87. The summed E-state index contributed by atoms with van der Waals surface area (Å²) in [5.41, 5.74) is 19.7. The first-order valence-electron chi connectivity index (χ1n) is 14.6. The van der Waals surface area contributed by atoms with Gasteiger partial charge in [-0.1, -0.05) is 36.4 Å². The molecule has 2 heterocycles. The smallest absolute Gasteiger partial charge is 0.408 e. The molecule has 14 heteroatoms. The summed E-state index contributed by atoms with van der Waals surface area (Å²) in [4.78, 5) is 43.1. The van der Waals surface area contributed by atoms with E-state index in [1.807, 2.05) is 60.7 Å². The van der Waals surface area contributed by atoms with Gasteiger partial charge in [-0.15, -0.1) is 10.2 Å². The largest absolute Gasteiger partial charge is 0.444 e. The molecule has 0 aliphatic carbocycles. The zero-order chi connectivity index (χ0) is 34.2. The van der Waals surface area contributed by atoms with Crippen molar-refractivity contribution >= 4 is 52.0 Å². The molecule has 2 aromatic carbocycles. The summed E-state index contributed by atoms with van der Waals surface area (Å²) in [6.45, 7) is 5.09. The number of amides is 1. The molecule has 47 heavy (non-hydrogen) atoms. The van der Waals surface area contributed by atoms with Crippen molar-refractivity contribution in [2.75, 3.05) is 24.6 Å². The van der Waals surface area contributed by atoms with E-state index in [0.717, 1.165) is 5.69 Å². The summed E-state index contributed by atoms with van der Waals surface area (Å²) >= 11 is 0. The Morgan fingerprint density at radius 3 is 1.53 bits per heavy atom. The highest BCUT2D eigenvalue weighted by Gasteiger charge is 2.17. The van der Waals surface area contributed by atoms with Crippen molar-refractivity contribution in [3.8, 4) is 0 Å². The van der Waals surface area contributed by atoms with E-state index in [2.05, 4.69) is 35.7 Å². The van der Waals surface area contributed by atoms with Crippen molar-refractivity contribution in [3.63, 3.8) is 0 Å². The number of ether oxygens (including phenoxy) is 1. The lowest BCUT2D eigenvalue weighted by Crippen LogP contribution is -2.35. The Hall–Kier alpha value is -5.89. The lowest BCUT2D eigenvalue weighted by Gasteiger charge is -2.19. The van der Waals surface area contributed by atoms with E-state index in [1.165, 1.54) is 0 Å². The van der Waals surface area contributed by atoms with Crippen molar-refractivity contribution in [1.82, 2.24) is 15.3 Å². The van der Waals surface area contributed by atoms with Crippen LogP contribution >= 0.6 is 0 Å². The number of nitrogen functional groups attached to an aromatic ring is 2. The molecule has 4 aromatic rings. The van der Waals surface area contributed by atoms with Gasteiger partial charge in [-0.05, 0) is 69.3 Å². The number of anilines is 2. The first-order valence-corrected chi connectivity index (χ1v) is 14.6. The Morgan fingerprint density at radius 2 is 1.13 bits per heavy atom. The van der Waals surface area contributed by atoms with Crippen LogP contribution < -0.4 is 22.5 Å². The maximum Gasteiger partial charge on any atom is 0.408 e. The average Bonchev–Trinajstić information content (AvgIpc) is 3.03. The van der Waals surface area contributed by atoms with Crippen LogP contribution in [0, 0.1) is 0 Å². The number of pyridine rings is 2. The number of Topliss-reactive ketones (excluding diaryl/α,β-unsaturated/α-hetero) is 2. The van der Waals surface area contributed by atoms with Gasteiger partial charge in [0.25, 0.3) is 0 Å². The first-order chi connectivity index (χ1) is 22.4. The van der Waals surface area contributed by atoms with Crippen LogP contribution in [0.3, 0.4) is 0 Å². The third-order valence-electron chi connectivity index (χ3n) is 5.79. The average molecular weight is 639 g/mol. The lowest BCUT2D eigenvalue weighted by molar-refractivity contribution is -0.118. The fraction of sp³-hybridized carbons (Fsp3) is 0.242. The van der Waals surface area contributed by atoms with E-state index >= 15 is 0 Å². The van der Waals surface area contributed by atoms with Crippen molar-refractivity contribution < 1.29 is 19.1 Å². The lowest BCUT2D eigenvalue weighted by atomic mass is 10.2. The second kappa shape index (κ2) is 17.6. The van der Waals surface area contributed by atoms with Crippen LogP contribution in [0.5, 0.6) is 0 Å². The summed E-state index contributed by atoms with van der Waals surface area (Å²) in [7, 11) is 0. The minimum atomic E-state index is -0.639. The molecule has 7 N–H and O–H groups in total. The van der Waals surface area contributed by atoms with E-state index in [-0.39, 0.29) is 49.1 Å². The number of carbonyl (C=O) groups excluding carboxylic acids is 3. The zero-order valence-corrected chi connectivity index (χ0v) is 26.5. The number of hydrogen-bond acceptors (Lipinski definition) is 13. The second-order valence-corrected chi connectivity index (χ2v) is 11.0. The van der Waals surface area contributed by atoms with Crippen molar-refractivity contribution in [2.45, 2.75) is 39.2 Å².